The van der Waals surface area contributed by atoms with Gasteiger partial charge in [0.05, 0.1) is 7.11 Å². The van der Waals surface area contributed by atoms with Crippen LogP contribution in [0.4, 0.5) is 16.5 Å². The lowest BCUT2D eigenvalue weighted by atomic mass is 10.1. The van der Waals surface area contributed by atoms with Crippen molar-refractivity contribution >= 4 is 45.5 Å². The van der Waals surface area contributed by atoms with E-state index in [1.807, 2.05) is 54.6 Å². The fourth-order valence-corrected chi connectivity index (χ4v) is 5.13. The van der Waals surface area contributed by atoms with Gasteiger partial charge in [-0.25, -0.2) is 0 Å². The number of aryl methyl sites for hydroxylation is 2. The summed E-state index contributed by atoms with van der Waals surface area (Å²) >= 11 is 2.80. The predicted molar refractivity (Wildman–Crippen MR) is 136 cm³/mol. The van der Waals surface area contributed by atoms with Crippen LogP contribution in [0.5, 0.6) is 5.75 Å². The smallest absolute Gasteiger partial charge is 0.242 e. The van der Waals surface area contributed by atoms with Crippen LogP contribution in [0.3, 0.4) is 0 Å². The van der Waals surface area contributed by atoms with Gasteiger partial charge in [-0.05, 0) is 54.8 Å². The van der Waals surface area contributed by atoms with Crippen LogP contribution in [0, 0.1) is 13.8 Å². The maximum absolute atomic E-state index is 13.3. The Morgan fingerprint density at radius 2 is 1.76 bits per heavy atom. The molecule has 8 heteroatoms. The molecule has 0 unspecified atom stereocenters. The molecule has 4 rings (SSSR count). The van der Waals surface area contributed by atoms with Gasteiger partial charge < -0.3 is 15.4 Å². The summed E-state index contributed by atoms with van der Waals surface area (Å²) in [5.41, 5.74) is 4.97. The third-order valence-electron chi connectivity index (χ3n) is 5.06. The number of nitrogens with one attached hydrogen (secondary N) is 2. The quantitative estimate of drug-likeness (QED) is 0.287. The van der Waals surface area contributed by atoms with Gasteiger partial charge in [-0.3, -0.25) is 4.79 Å². The molecular formula is C25H24N4O2S2. The van der Waals surface area contributed by atoms with Gasteiger partial charge in [-0.1, -0.05) is 65.6 Å². The first kappa shape index (κ1) is 22.8. The van der Waals surface area contributed by atoms with Crippen LogP contribution in [0.2, 0.25) is 0 Å². The Kier molecular flexibility index (Phi) is 7.26. The molecule has 1 amide bonds. The Balaban J connectivity index is 1.52. The lowest BCUT2D eigenvalue weighted by Crippen LogP contribution is -2.19. The number of hydrogen-bond donors (Lipinski definition) is 2. The number of aromatic nitrogens is 2. The second kappa shape index (κ2) is 10.5. The van der Waals surface area contributed by atoms with Crippen molar-refractivity contribution in [1.82, 2.24) is 10.2 Å². The minimum Gasteiger partial charge on any atom is -0.497 e. The van der Waals surface area contributed by atoms with E-state index in [9.17, 15) is 4.79 Å². The number of methoxy groups -OCH3 is 1. The number of benzene rings is 3. The molecule has 0 spiro atoms. The molecule has 1 atom stereocenters. The highest BCUT2D eigenvalue weighted by molar-refractivity contribution is 8.02. The molecule has 33 heavy (non-hydrogen) atoms. The first-order valence-electron chi connectivity index (χ1n) is 10.4. The van der Waals surface area contributed by atoms with Crippen molar-refractivity contribution in [3.05, 3.63) is 89.5 Å². The molecule has 1 heterocycles. The van der Waals surface area contributed by atoms with E-state index >= 15 is 0 Å². The molecule has 0 aliphatic heterocycles. The van der Waals surface area contributed by atoms with Gasteiger partial charge in [0.2, 0.25) is 11.0 Å². The summed E-state index contributed by atoms with van der Waals surface area (Å²) < 4.78 is 5.97. The fraction of sp³-hybridized carbons (Fsp3) is 0.160. The van der Waals surface area contributed by atoms with Crippen molar-refractivity contribution in [3.8, 4) is 5.75 Å². The standard InChI is InChI=1S/C25H24N4O2S2/c1-16-12-13-20(14-17(16)2)27-24-28-29-25(33-24)32-22(18-8-5-4-6-9-18)23(30)26-19-10-7-11-21(15-19)31-3/h4-15,22H,1-3H3,(H,26,30)(H,27,28)/t22-/m0/s1. The van der Waals surface area contributed by atoms with Gasteiger partial charge in [0.1, 0.15) is 11.0 Å². The van der Waals surface area contributed by atoms with Crippen LogP contribution in [-0.2, 0) is 4.79 Å². The average molecular weight is 477 g/mol. The highest BCUT2D eigenvalue weighted by atomic mass is 32.2. The molecule has 3 aromatic carbocycles. The maximum atomic E-state index is 13.3. The van der Waals surface area contributed by atoms with Crippen molar-refractivity contribution in [2.75, 3.05) is 17.7 Å². The Morgan fingerprint density at radius 1 is 0.939 bits per heavy atom. The Hall–Kier alpha value is -3.36. The highest BCUT2D eigenvalue weighted by Crippen LogP contribution is 2.39. The molecule has 6 nitrogen and oxygen atoms in total. The number of nitrogens with zero attached hydrogens (tertiary/aromatic N) is 2. The van der Waals surface area contributed by atoms with Crippen LogP contribution in [0.15, 0.2) is 77.1 Å². The molecule has 0 aliphatic rings. The Morgan fingerprint density at radius 3 is 2.52 bits per heavy atom. The van der Waals surface area contributed by atoms with E-state index < -0.39 is 5.25 Å². The van der Waals surface area contributed by atoms with Gasteiger partial charge in [-0.2, -0.15) is 0 Å². The number of amides is 1. The summed E-state index contributed by atoms with van der Waals surface area (Å²) in [5, 5.41) is 15.1. The lowest BCUT2D eigenvalue weighted by molar-refractivity contribution is -0.115. The summed E-state index contributed by atoms with van der Waals surface area (Å²) in [6, 6.07) is 23.1. The zero-order valence-corrected chi connectivity index (χ0v) is 20.2. The molecule has 0 bridgehead atoms. The number of carbonyl (C=O) groups excluding carboxylic acids is 1. The number of carbonyl (C=O) groups is 1. The van der Waals surface area contributed by atoms with Crippen molar-refractivity contribution in [1.29, 1.82) is 0 Å². The summed E-state index contributed by atoms with van der Waals surface area (Å²) in [7, 11) is 1.60. The van der Waals surface area contributed by atoms with Gasteiger partial charge >= 0.3 is 0 Å². The van der Waals surface area contributed by atoms with E-state index in [-0.39, 0.29) is 5.91 Å². The highest BCUT2D eigenvalue weighted by Gasteiger charge is 2.24. The molecule has 1 aromatic heterocycles. The van der Waals surface area contributed by atoms with E-state index in [2.05, 4.69) is 46.8 Å². The van der Waals surface area contributed by atoms with Crippen LogP contribution in [-0.4, -0.2) is 23.2 Å². The number of anilines is 3. The minimum absolute atomic E-state index is 0.140. The van der Waals surface area contributed by atoms with E-state index in [1.54, 1.807) is 13.2 Å². The molecule has 4 aromatic rings. The number of hydrogen-bond acceptors (Lipinski definition) is 7. The third kappa shape index (κ3) is 5.91. The predicted octanol–water partition coefficient (Wildman–Crippen LogP) is 6.38. The van der Waals surface area contributed by atoms with Gasteiger partial charge in [-0.15, -0.1) is 10.2 Å². The monoisotopic (exact) mass is 476 g/mol. The number of thioether (sulfide) groups is 1. The third-order valence-corrected chi connectivity index (χ3v) is 7.24. The molecule has 168 valence electrons. The van der Waals surface area contributed by atoms with Crippen LogP contribution >= 0.6 is 23.1 Å². The van der Waals surface area contributed by atoms with Gasteiger partial charge in [0.15, 0.2) is 4.34 Å². The van der Waals surface area contributed by atoms with E-state index in [0.29, 0.717) is 20.9 Å². The van der Waals surface area contributed by atoms with E-state index in [4.69, 9.17) is 4.74 Å². The molecular weight excluding hydrogens is 452 g/mol. The first-order valence-corrected chi connectivity index (χ1v) is 12.1. The molecule has 0 saturated heterocycles. The van der Waals surface area contributed by atoms with Crippen LogP contribution in [0.1, 0.15) is 21.9 Å². The minimum atomic E-state index is -0.486. The van der Waals surface area contributed by atoms with Gasteiger partial charge in [0, 0.05) is 17.4 Å². The molecule has 0 fully saturated rings. The largest absolute Gasteiger partial charge is 0.497 e. The van der Waals surface area contributed by atoms with E-state index in [1.165, 1.54) is 34.2 Å². The van der Waals surface area contributed by atoms with Crippen LogP contribution < -0.4 is 15.4 Å². The van der Waals surface area contributed by atoms with Crippen molar-refractivity contribution < 1.29 is 9.53 Å². The average Bonchev–Trinajstić information content (AvgIpc) is 3.27. The molecule has 0 saturated carbocycles. The summed E-state index contributed by atoms with van der Waals surface area (Å²) in [6.07, 6.45) is 0. The first-order chi connectivity index (χ1) is 16.0. The Bertz CT molecular complexity index is 1240. The summed E-state index contributed by atoms with van der Waals surface area (Å²) in [4.78, 5) is 13.3. The molecule has 0 aliphatic carbocycles. The van der Waals surface area contributed by atoms with Gasteiger partial charge in [0.25, 0.3) is 0 Å². The maximum Gasteiger partial charge on any atom is 0.242 e. The molecule has 2 N–H and O–H groups in total. The second-order valence-corrected chi connectivity index (χ2v) is 9.76. The normalized spacial score (nSPS) is 11.6. The van der Waals surface area contributed by atoms with Crippen molar-refractivity contribution in [3.63, 3.8) is 0 Å². The summed E-state index contributed by atoms with van der Waals surface area (Å²) in [6.45, 7) is 4.16. The topological polar surface area (TPSA) is 76.1 Å². The zero-order chi connectivity index (χ0) is 23.2. The zero-order valence-electron chi connectivity index (χ0n) is 18.5. The van der Waals surface area contributed by atoms with Crippen molar-refractivity contribution in [2.45, 2.75) is 23.4 Å². The van der Waals surface area contributed by atoms with Crippen molar-refractivity contribution in [2.24, 2.45) is 0 Å². The Labute approximate surface area is 201 Å². The number of rotatable bonds is 8. The SMILES string of the molecule is COc1cccc(NC(=O)[C@@H](Sc2nnc(Nc3ccc(C)c(C)c3)s2)c2ccccc2)c1. The van der Waals surface area contributed by atoms with Crippen LogP contribution in [0.25, 0.3) is 0 Å². The lowest BCUT2D eigenvalue weighted by Gasteiger charge is -2.16. The fourth-order valence-electron chi connectivity index (χ4n) is 3.16. The number of ether oxygens (including phenoxy) is 1. The molecule has 0 radical (unpaired) electrons. The van der Waals surface area contributed by atoms with E-state index in [0.717, 1.165) is 11.3 Å². The summed E-state index contributed by atoms with van der Waals surface area (Å²) in [5.74, 6) is 0.543. The second-order valence-electron chi connectivity index (χ2n) is 7.43.